The SMILES string of the molecule is CC1CC2CC(C(C)(C)C)CCCCCCC2C(C)C1C. The molecule has 0 aliphatic heterocycles. The van der Waals surface area contributed by atoms with E-state index >= 15 is 0 Å². The molecule has 2 fully saturated rings. The Hall–Kier alpha value is 0. The van der Waals surface area contributed by atoms with E-state index in [1.54, 1.807) is 0 Å². The van der Waals surface area contributed by atoms with Gasteiger partial charge in [-0.1, -0.05) is 67.2 Å². The first kappa shape index (κ1) is 17.4. The maximum absolute atomic E-state index is 2.57. The Morgan fingerprint density at radius 1 is 0.714 bits per heavy atom. The van der Waals surface area contributed by atoms with Crippen LogP contribution in [0.1, 0.15) is 92.9 Å². The molecule has 0 bridgehead atoms. The van der Waals surface area contributed by atoms with Crippen LogP contribution in [0.5, 0.6) is 0 Å². The van der Waals surface area contributed by atoms with E-state index in [1.165, 1.54) is 51.4 Å². The normalized spacial score (nSPS) is 43.1. The molecule has 21 heavy (non-hydrogen) atoms. The molecule has 124 valence electrons. The van der Waals surface area contributed by atoms with E-state index in [0.29, 0.717) is 5.41 Å². The fourth-order valence-electron chi connectivity index (χ4n) is 5.37. The zero-order valence-corrected chi connectivity index (χ0v) is 15.6. The monoisotopic (exact) mass is 292 g/mol. The van der Waals surface area contributed by atoms with E-state index in [1.807, 2.05) is 0 Å². The highest BCUT2D eigenvalue weighted by molar-refractivity contribution is 4.90. The lowest BCUT2D eigenvalue weighted by atomic mass is 9.58. The third-order valence-corrected chi connectivity index (χ3v) is 7.33. The summed E-state index contributed by atoms with van der Waals surface area (Å²) >= 11 is 0. The van der Waals surface area contributed by atoms with Crippen LogP contribution in [0.25, 0.3) is 0 Å². The van der Waals surface area contributed by atoms with Crippen LogP contribution in [0.3, 0.4) is 0 Å². The van der Waals surface area contributed by atoms with Crippen molar-refractivity contribution < 1.29 is 0 Å². The summed E-state index contributed by atoms with van der Waals surface area (Å²) in [6.07, 6.45) is 11.9. The second kappa shape index (κ2) is 7.05. The highest BCUT2D eigenvalue weighted by Crippen LogP contribution is 2.49. The average molecular weight is 293 g/mol. The lowest BCUT2D eigenvalue weighted by Crippen LogP contribution is -2.39. The van der Waals surface area contributed by atoms with Gasteiger partial charge in [-0.15, -0.1) is 0 Å². The Labute approximate surface area is 134 Å². The third-order valence-electron chi connectivity index (χ3n) is 7.33. The highest BCUT2D eigenvalue weighted by atomic mass is 14.5. The van der Waals surface area contributed by atoms with Gasteiger partial charge in [-0.2, -0.15) is 0 Å². The van der Waals surface area contributed by atoms with Crippen LogP contribution in [-0.2, 0) is 0 Å². The lowest BCUT2D eigenvalue weighted by Gasteiger charge is -2.47. The Bertz CT molecular complexity index is 310. The largest absolute Gasteiger partial charge is 0.0622 e. The molecule has 0 amide bonds. The minimum Gasteiger partial charge on any atom is -0.0622 e. The van der Waals surface area contributed by atoms with E-state index < -0.39 is 0 Å². The van der Waals surface area contributed by atoms with Crippen LogP contribution in [0, 0.1) is 40.9 Å². The zero-order chi connectivity index (χ0) is 15.6. The Morgan fingerprint density at radius 3 is 1.95 bits per heavy atom. The van der Waals surface area contributed by atoms with E-state index in [4.69, 9.17) is 0 Å². The van der Waals surface area contributed by atoms with Crippen LogP contribution in [-0.4, -0.2) is 0 Å². The van der Waals surface area contributed by atoms with Gasteiger partial charge in [0, 0.05) is 0 Å². The van der Waals surface area contributed by atoms with Gasteiger partial charge in [-0.25, -0.2) is 0 Å². The van der Waals surface area contributed by atoms with Crippen LogP contribution >= 0.6 is 0 Å². The minimum atomic E-state index is 0.499. The Kier molecular flexibility index (Phi) is 5.83. The lowest BCUT2D eigenvalue weighted by molar-refractivity contribution is 0.0262. The second-order valence-electron chi connectivity index (χ2n) is 9.65. The molecule has 0 aromatic carbocycles. The van der Waals surface area contributed by atoms with Crippen molar-refractivity contribution in [2.45, 2.75) is 92.9 Å². The van der Waals surface area contributed by atoms with Crippen molar-refractivity contribution in [3.63, 3.8) is 0 Å². The molecule has 0 radical (unpaired) electrons. The molecule has 2 aliphatic carbocycles. The van der Waals surface area contributed by atoms with Gasteiger partial charge >= 0.3 is 0 Å². The van der Waals surface area contributed by atoms with Crippen molar-refractivity contribution >= 4 is 0 Å². The number of hydrogen-bond acceptors (Lipinski definition) is 0. The number of fused-ring (bicyclic) bond motifs is 1. The van der Waals surface area contributed by atoms with E-state index in [2.05, 4.69) is 41.5 Å². The van der Waals surface area contributed by atoms with Crippen LogP contribution in [0.15, 0.2) is 0 Å². The molecule has 0 nitrogen and oxygen atoms in total. The molecule has 0 saturated heterocycles. The predicted molar refractivity (Wildman–Crippen MR) is 94.4 cm³/mol. The third kappa shape index (κ3) is 4.26. The van der Waals surface area contributed by atoms with E-state index in [0.717, 1.165) is 35.5 Å². The molecule has 0 aromatic rings. The summed E-state index contributed by atoms with van der Waals surface area (Å²) in [5.41, 5.74) is 0.499. The molecule has 2 saturated carbocycles. The predicted octanol–water partition coefficient (Wildman–Crippen LogP) is 6.94. The molecule has 0 heterocycles. The molecule has 6 unspecified atom stereocenters. The fourth-order valence-corrected chi connectivity index (χ4v) is 5.37. The van der Waals surface area contributed by atoms with Crippen LogP contribution in [0.4, 0.5) is 0 Å². The van der Waals surface area contributed by atoms with Crippen LogP contribution < -0.4 is 0 Å². The molecule has 0 N–H and O–H groups in total. The van der Waals surface area contributed by atoms with Crippen LogP contribution in [0.2, 0.25) is 0 Å². The van der Waals surface area contributed by atoms with Gasteiger partial charge in [0.05, 0.1) is 0 Å². The van der Waals surface area contributed by atoms with Crippen molar-refractivity contribution in [3.8, 4) is 0 Å². The van der Waals surface area contributed by atoms with Crippen molar-refractivity contribution in [1.82, 2.24) is 0 Å². The number of rotatable bonds is 0. The van der Waals surface area contributed by atoms with Crippen molar-refractivity contribution in [2.75, 3.05) is 0 Å². The van der Waals surface area contributed by atoms with E-state index in [-0.39, 0.29) is 0 Å². The number of hydrogen-bond donors (Lipinski definition) is 0. The quantitative estimate of drug-likeness (QED) is 0.453. The van der Waals surface area contributed by atoms with Crippen molar-refractivity contribution in [3.05, 3.63) is 0 Å². The van der Waals surface area contributed by atoms with Crippen molar-refractivity contribution in [2.24, 2.45) is 40.9 Å². The second-order valence-corrected chi connectivity index (χ2v) is 9.65. The Morgan fingerprint density at radius 2 is 1.33 bits per heavy atom. The summed E-state index contributed by atoms with van der Waals surface area (Å²) in [7, 11) is 0. The van der Waals surface area contributed by atoms with Gasteiger partial charge < -0.3 is 0 Å². The molecule has 0 aromatic heterocycles. The minimum absolute atomic E-state index is 0.499. The summed E-state index contributed by atoms with van der Waals surface area (Å²) in [5.74, 6) is 5.77. The molecule has 0 heteroatoms. The maximum Gasteiger partial charge on any atom is -0.0354 e. The van der Waals surface area contributed by atoms with Gasteiger partial charge in [0.1, 0.15) is 0 Å². The molecule has 2 aliphatic rings. The van der Waals surface area contributed by atoms with Gasteiger partial charge in [0.25, 0.3) is 0 Å². The first-order chi connectivity index (χ1) is 9.80. The first-order valence-electron chi connectivity index (χ1n) is 9.80. The molecule has 6 atom stereocenters. The van der Waals surface area contributed by atoms with E-state index in [9.17, 15) is 0 Å². The van der Waals surface area contributed by atoms with Gasteiger partial charge in [-0.3, -0.25) is 0 Å². The summed E-state index contributed by atoms with van der Waals surface area (Å²) in [4.78, 5) is 0. The zero-order valence-electron chi connectivity index (χ0n) is 15.6. The molecular formula is C21H40. The average Bonchev–Trinajstić information content (AvgIpc) is 2.40. The summed E-state index contributed by atoms with van der Waals surface area (Å²) in [6, 6.07) is 0. The summed E-state index contributed by atoms with van der Waals surface area (Å²) < 4.78 is 0. The summed E-state index contributed by atoms with van der Waals surface area (Å²) in [5, 5.41) is 0. The van der Waals surface area contributed by atoms with Gasteiger partial charge in [-0.05, 0) is 66.6 Å². The van der Waals surface area contributed by atoms with Crippen molar-refractivity contribution in [1.29, 1.82) is 0 Å². The maximum atomic E-state index is 2.57. The fraction of sp³-hybridized carbons (Fsp3) is 1.00. The first-order valence-corrected chi connectivity index (χ1v) is 9.80. The van der Waals surface area contributed by atoms with Gasteiger partial charge in [0.2, 0.25) is 0 Å². The smallest absolute Gasteiger partial charge is 0.0354 e. The summed E-state index contributed by atoms with van der Waals surface area (Å²) in [6.45, 7) is 15.0. The Balaban J connectivity index is 2.16. The molecule has 2 rings (SSSR count). The topological polar surface area (TPSA) is 0 Å². The molecule has 0 spiro atoms. The van der Waals surface area contributed by atoms with Gasteiger partial charge in [0.15, 0.2) is 0 Å². The molecular weight excluding hydrogens is 252 g/mol. The highest BCUT2D eigenvalue weighted by Gasteiger charge is 2.40. The standard InChI is InChI=1S/C21H40/c1-15-13-18-14-19(21(4,5)6)11-9-7-8-10-12-20(18)17(3)16(15)2/h15-20H,7-14H2,1-6H3.